The molecule has 1 aliphatic rings. The number of carbonyl (C=O) groups is 2. The highest BCUT2D eigenvalue weighted by Crippen LogP contribution is 2.37. The van der Waals surface area contributed by atoms with Crippen molar-refractivity contribution >= 4 is 12.2 Å². The van der Waals surface area contributed by atoms with Gasteiger partial charge in [-0.3, -0.25) is 4.79 Å². The molecule has 0 saturated heterocycles. The van der Waals surface area contributed by atoms with Crippen molar-refractivity contribution < 1.29 is 9.59 Å². The molecule has 0 saturated carbocycles. The summed E-state index contributed by atoms with van der Waals surface area (Å²) in [4.78, 5) is 22.3. The van der Waals surface area contributed by atoms with Crippen LogP contribution < -0.4 is 11.1 Å². The summed E-state index contributed by atoms with van der Waals surface area (Å²) in [6, 6.07) is -0.393. The highest BCUT2D eigenvalue weighted by molar-refractivity contribution is 5.88. The van der Waals surface area contributed by atoms with Crippen LogP contribution in [-0.4, -0.2) is 24.8 Å². The van der Waals surface area contributed by atoms with Crippen molar-refractivity contribution in [3.05, 3.63) is 59.3 Å². The molecule has 1 unspecified atom stereocenters. The van der Waals surface area contributed by atoms with Crippen LogP contribution >= 0.6 is 0 Å². The Bertz CT molecular complexity index is 694. The van der Waals surface area contributed by atoms with Crippen molar-refractivity contribution in [3.8, 4) is 0 Å². The average Bonchev–Trinajstić information content (AvgIpc) is 2.66. The Labute approximate surface area is 176 Å². The zero-order chi connectivity index (χ0) is 21.7. The highest BCUT2D eigenvalue weighted by Gasteiger charge is 2.23. The number of aldehydes is 1. The summed E-state index contributed by atoms with van der Waals surface area (Å²) >= 11 is 0. The van der Waals surface area contributed by atoms with Crippen molar-refractivity contribution in [1.29, 1.82) is 0 Å². The lowest BCUT2D eigenvalue weighted by Gasteiger charge is -2.30. The topological polar surface area (TPSA) is 72.2 Å². The molecule has 29 heavy (non-hydrogen) atoms. The summed E-state index contributed by atoms with van der Waals surface area (Å²) in [6.45, 7) is 9.20. The van der Waals surface area contributed by atoms with Gasteiger partial charge in [-0.15, -0.1) is 0 Å². The lowest BCUT2D eigenvalue weighted by molar-refractivity contribution is -0.116. The minimum atomic E-state index is -0.393. The van der Waals surface area contributed by atoms with E-state index in [1.54, 1.807) is 6.08 Å². The van der Waals surface area contributed by atoms with Crippen molar-refractivity contribution in [1.82, 2.24) is 5.32 Å². The maximum absolute atomic E-state index is 11.9. The molecule has 1 aliphatic carbocycles. The van der Waals surface area contributed by atoms with E-state index in [1.807, 2.05) is 19.1 Å². The van der Waals surface area contributed by atoms with Crippen LogP contribution in [0.2, 0.25) is 0 Å². The maximum Gasteiger partial charge on any atom is 0.244 e. The van der Waals surface area contributed by atoms with Crippen LogP contribution in [0.3, 0.4) is 0 Å². The molecule has 0 aromatic heterocycles. The first-order chi connectivity index (χ1) is 13.7. The zero-order valence-electron chi connectivity index (χ0n) is 18.5. The first kappa shape index (κ1) is 24.8. The number of allylic oxidation sites excluding steroid dienone is 9. The van der Waals surface area contributed by atoms with Crippen LogP contribution in [0.4, 0.5) is 0 Å². The molecule has 0 aromatic carbocycles. The SMILES string of the molecule is CC(C=CC1=CCCCC1(C)C)=CC=CC(C)=CC(=O)NCCCCC(N)C=O. The fourth-order valence-corrected chi connectivity index (χ4v) is 3.23. The first-order valence-corrected chi connectivity index (χ1v) is 10.7. The minimum Gasteiger partial charge on any atom is -0.353 e. The second-order valence-electron chi connectivity index (χ2n) is 8.51. The Morgan fingerprint density at radius 1 is 1.24 bits per heavy atom. The van der Waals surface area contributed by atoms with Crippen molar-refractivity contribution in [2.24, 2.45) is 11.1 Å². The van der Waals surface area contributed by atoms with E-state index in [4.69, 9.17) is 5.73 Å². The fraction of sp³-hybridized carbons (Fsp3) is 0.520. The minimum absolute atomic E-state index is 0.0982. The fourth-order valence-electron chi connectivity index (χ4n) is 3.23. The van der Waals surface area contributed by atoms with Crippen LogP contribution in [0.15, 0.2) is 59.3 Å². The molecule has 0 fully saturated rings. The van der Waals surface area contributed by atoms with E-state index >= 15 is 0 Å². The molecule has 1 amide bonds. The van der Waals surface area contributed by atoms with E-state index < -0.39 is 6.04 Å². The van der Waals surface area contributed by atoms with Gasteiger partial charge in [0.2, 0.25) is 5.91 Å². The lowest BCUT2D eigenvalue weighted by atomic mass is 9.75. The Kier molecular flexibility index (Phi) is 11.2. The number of nitrogens with two attached hydrogens (primary N) is 1. The molecular weight excluding hydrogens is 360 g/mol. The molecule has 0 aromatic rings. The van der Waals surface area contributed by atoms with Crippen molar-refractivity contribution in [2.75, 3.05) is 6.54 Å². The monoisotopic (exact) mass is 398 g/mol. The number of hydrogen-bond acceptors (Lipinski definition) is 3. The van der Waals surface area contributed by atoms with Gasteiger partial charge in [-0.05, 0) is 68.9 Å². The van der Waals surface area contributed by atoms with E-state index in [9.17, 15) is 9.59 Å². The van der Waals surface area contributed by atoms with E-state index in [1.165, 1.54) is 30.4 Å². The summed E-state index contributed by atoms with van der Waals surface area (Å²) < 4.78 is 0. The van der Waals surface area contributed by atoms with Gasteiger partial charge >= 0.3 is 0 Å². The number of unbranched alkanes of at least 4 members (excludes halogenated alkanes) is 1. The highest BCUT2D eigenvalue weighted by atomic mass is 16.1. The third kappa shape index (κ3) is 10.8. The van der Waals surface area contributed by atoms with E-state index in [0.717, 1.165) is 24.7 Å². The molecule has 0 heterocycles. The molecule has 4 nitrogen and oxygen atoms in total. The molecule has 0 bridgehead atoms. The van der Waals surface area contributed by atoms with Crippen LogP contribution in [0.25, 0.3) is 0 Å². The Morgan fingerprint density at radius 3 is 2.69 bits per heavy atom. The molecule has 1 rings (SSSR count). The van der Waals surface area contributed by atoms with Crippen molar-refractivity contribution in [3.63, 3.8) is 0 Å². The normalized spacial score (nSPS) is 18.7. The number of carbonyl (C=O) groups excluding carboxylic acids is 2. The third-order valence-electron chi connectivity index (χ3n) is 5.19. The maximum atomic E-state index is 11.9. The predicted octanol–water partition coefficient (Wildman–Crippen LogP) is 4.94. The molecule has 0 spiro atoms. The second-order valence-corrected chi connectivity index (χ2v) is 8.51. The quantitative estimate of drug-likeness (QED) is 0.224. The Morgan fingerprint density at radius 2 is 2.00 bits per heavy atom. The summed E-state index contributed by atoms with van der Waals surface area (Å²) in [5.41, 5.74) is 9.29. The van der Waals surface area contributed by atoms with Gasteiger partial charge in [0.05, 0.1) is 6.04 Å². The van der Waals surface area contributed by atoms with Gasteiger partial charge in [0.15, 0.2) is 0 Å². The van der Waals surface area contributed by atoms with Gasteiger partial charge in [0.1, 0.15) is 6.29 Å². The molecule has 0 radical (unpaired) electrons. The molecule has 4 heteroatoms. The molecule has 3 N–H and O–H groups in total. The van der Waals surface area contributed by atoms with Gasteiger partial charge in [0.25, 0.3) is 0 Å². The van der Waals surface area contributed by atoms with E-state index in [-0.39, 0.29) is 11.3 Å². The number of rotatable bonds is 11. The second kappa shape index (κ2) is 13.1. The lowest BCUT2D eigenvalue weighted by Crippen LogP contribution is -2.24. The third-order valence-corrected chi connectivity index (χ3v) is 5.19. The van der Waals surface area contributed by atoms with E-state index in [0.29, 0.717) is 13.0 Å². The summed E-state index contributed by atoms with van der Waals surface area (Å²) in [7, 11) is 0. The molecular formula is C25H38N2O2. The summed E-state index contributed by atoms with van der Waals surface area (Å²) in [5.74, 6) is -0.0982. The number of hydrogen-bond donors (Lipinski definition) is 2. The zero-order valence-corrected chi connectivity index (χ0v) is 18.5. The van der Waals surface area contributed by atoms with Gasteiger partial charge < -0.3 is 15.8 Å². The molecule has 0 aliphatic heterocycles. The molecule has 1 atom stereocenters. The van der Waals surface area contributed by atoms with Crippen LogP contribution in [0.5, 0.6) is 0 Å². The van der Waals surface area contributed by atoms with Crippen LogP contribution in [-0.2, 0) is 9.59 Å². The average molecular weight is 399 g/mol. The van der Waals surface area contributed by atoms with Gasteiger partial charge in [-0.1, -0.05) is 55.9 Å². The largest absolute Gasteiger partial charge is 0.353 e. The molecule has 160 valence electrons. The Hall–Kier alpha value is -2.20. The van der Waals surface area contributed by atoms with Crippen LogP contribution in [0, 0.1) is 5.41 Å². The summed E-state index contributed by atoms with van der Waals surface area (Å²) in [6.07, 6.45) is 21.1. The van der Waals surface area contributed by atoms with Crippen molar-refractivity contribution in [2.45, 2.75) is 72.3 Å². The number of amides is 1. The van der Waals surface area contributed by atoms with Gasteiger partial charge in [-0.25, -0.2) is 0 Å². The first-order valence-electron chi connectivity index (χ1n) is 10.7. The van der Waals surface area contributed by atoms with Gasteiger partial charge in [-0.2, -0.15) is 0 Å². The van der Waals surface area contributed by atoms with E-state index in [2.05, 4.69) is 50.4 Å². The Balaban J connectivity index is 2.42. The summed E-state index contributed by atoms with van der Waals surface area (Å²) in [5, 5.41) is 2.86. The van der Waals surface area contributed by atoms with Crippen LogP contribution in [0.1, 0.15) is 66.2 Å². The smallest absolute Gasteiger partial charge is 0.244 e. The van der Waals surface area contributed by atoms with Gasteiger partial charge in [0, 0.05) is 12.6 Å². The number of nitrogens with one attached hydrogen (secondary N) is 1. The standard InChI is InChI=1S/C25H38N2O2/c1-20(14-15-22-12-5-7-16-25(22,3)4)10-9-11-21(2)18-24(29)27-17-8-6-13-23(26)19-28/h9-12,14-15,18-19,23H,5-8,13,16-17,26H2,1-4H3,(H,27,29). The predicted molar refractivity (Wildman–Crippen MR) is 122 cm³/mol.